The van der Waals surface area contributed by atoms with Crippen LogP contribution in [0, 0.1) is 0 Å². The molecule has 88 valence electrons. The minimum Gasteiger partial charge on any atom is -0.347 e. The van der Waals surface area contributed by atoms with Crippen LogP contribution in [-0.4, -0.2) is 10.4 Å². The van der Waals surface area contributed by atoms with Gasteiger partial charge in [0, 0.05) is 29.6 Å². The van der Waals surface area contributed by atoms with E-state index >= 15 is 0 Å². The molecule has 0 bridgehead atoms. The molecule has 0 N–H and O–H groups in total. The summed E-state index contributed by atoms with van der Waals surface area (Å²) in [6.07, 6.45) is 4.30. The topological polar surface area (TPSA) is 4.93 Å². The molecule has 0 unspecified atom stereocenters. The van der Waals surface area contributed by atoms with Gasteiger partial charge in [-0.15, -0.1) is 11.6 Å². The molecule has 1 aliphatic rings. The fraction of sp³-hybridized carbons (Fsp3) is 0.333. The van der Waals surface area contributed by atoms with Crippen molar-refractivity contribution in [2.45, 2.75) is 26.3 Å². The highest BCUT2D eigenvalue weighted by atomic mass is 35.5. The van der Waals surface area contributed by atoms with E-state index in [1.807, 2.05) is 0 Å². The van der Waals surface area contributed by atoms with Gasteiger partial charge in [-0.2, -0.15) is 0 Å². The summed E-state index contributed by atoms with van der Waals surface area (Å²) in [5.74, 6) is 0.698. The zero-order valence-corrected chi connectivity index (χ0v) is 10.8. The highest BCUT2D eigenvalue weighted by Crippen LogP contribution is 2.34. The Bertz CT molecular complexity index is 592. The van der Waals surface area contributed by atoms with E-state index in [4.69, 9.17) is 11.6 Å². The Morgan fingerprint density at radius 2 is 2.18 bits per heavy atom. The van der Waals surface area contributed by atoms with Crippen LogP contribution in [0.1, 0.15) is 25.3 Å². The van der Waals surface area contributed by atoms with Crippen molar-refractivity contribution in [3.05, 3.63) is 41.6 Å². The number of alkyl halides is 1. The molecule has 0 amide bonds. The Hall–Kier alpha value is -1.21. The van der Waals surface area contributed by atoms with Crippen molar-refractivity contribution in [1.29, 1.82) is 0 Å². The molecule has 2 aromatic rings. The maximum atomic E-state index is 5.95. The van der Waals surface area contributed by atoms with E-state index < -0.39 is 0 Å². The second-order valence-corrected chi connectivity index (χ2v) is 5.08. The minimum atomic E-state index is 0.698. The second-order valence-electron chi connectivity index (χ2n) is 4.70. The minimum absolute atomic E-state index is 0.698. The Kier molecular flexibility index (Phi) is 2.71. The molecule has 1 aromatic carbocycles. The number of para-hydroxylation sites is 1. The summed E-state index contributed by atoms with van der Waals surface area (Å²) >= 11 is 5.95. The third-order valence-corrected chi connectivity index (χ3v) is 3.89. The molecule has 2 heterocycles. The van der Waals surface area contributed by atoms with Gasteiger partial charge in [-0.3, -0.25) is 0 Å². The molecule has 0 fully saturated rings. The summed E-state index contributed by atoms with van der Waals surface area (Å²) in [6, 6.07) is 8.77. The summed E-state index contributed by atoms with van der Waals surface area (Å²) in [7, 11) is 0. The number of hydrogen-bond acceptors (Lipinski definition) is 0. The van der Waals surface area contributed by atoms with E-state index in [2.05, 4.69) is 42.0 Å². The molecule has 0 saturated carbocycles. The van der Waals surface area contributed by atoms with Crippen molar-refractivity contribution < 1.29 is 0 Å². The van der Waals surface area contributed by atoms with Gasteiger partial charge in [0.15, 0.2) is 0 Å². The number of aromatic nitrogens is 1. The average Bonchev–Trinajstić information content (AvgIpc) is 2.70. The van der Waals surface area contributed by atoms with Crippen LogP contribution < -0.4 is 0 Å². The monoisotopic (exact) mass is 245 g/mol. The van der Waals surface area contributed by atoms with E-state index in [-0.39, 0.29) is 0 Å². The zero-order chi connectivity index (χ0) is 11.8. The number of hydrogen-bond donors (Lipinski definition) is 0. The van der Waals surface area contributed by atoms with Gasteiger partial charge in [0.2, 0.25) is 0 Å². The molecular formula is C15H16ClN. The standard InChI is InChI=1S/C15H16ClN/c1-11-6-9-17-10-7-12-3-2-4-14(15(12)17)13(11)5-8-16/h2-4,7,10H,5-6,8-9H2,1H3. The third-order valence-electron chi connectivity index (χ3n) is 3.70. The van der Waals surface area contributed by atoms with Gasteiger partial charge < -0.3 is 4.57 Å². The lowest BCUT2D eigenvalue weighted by Gasteiger charge is -2.10. The van der Waals surface area contributed by atoms with Crippen molar-refractivity contribution in [1.82, 2.24) is 4.57 Å². The molecule has 0 saturated heterocycles. The molecule has 1 aliphatic heterocycles. The predicted octanol–water partition coefficient (Wildman–Crippen LogP) is 4.45. The molecule has 0 aliphatic carbocycles. The highest BCUT2D eigenvalue weighted by Gasteiger charge is 2.15. The van der Waals surface area contributed by atoms with E-state index in [1.165, 1.54) is 27.6 Å². The van der Waals surface area contributed by atoms with E-state index in [9.17, 15) is 0 Å². The van der Waals surface area contributed by atoms with Crippen LogP contribution >= 0.6 is 11.6 Å². The van der Waals surface area contributed by atoms with Crippen LogP contribution in [0.2, 0.25) is 0 Å². The lowest BCUT2D eigenvalue weighted by atomic mass is 9.96. The van der Waals surface area contributed by atoms with Crippen LogP contribution in [-0.2, 0) is 6.54 Å². The lowest BCUT2D eigenvalue weighted by molar-refractivity contribution is 0.723. The number of nitrogens with zero attached hydrogens (tertiary/aromatic N) is 1. The maximum absolute atomic E-state index is 5.95. The number of allylic oxidation sites excluding steroid dienone is 2. The molecule has 17 heavy (non-hydrogen) atoms. The SMILES string of the molecule is CC1=C(CCCl)c2cccc3ccn(c23)CC1. The summed E-state index contributed by atoms with van der Waals surface area (Å²) in [4.78, 5) is 0. The van der Waals surface area contributed by atoms with Gasteiger partial charge in [-0.1, -0.05) is 23.8 Å². The van der Waals surface area contributed by atoms with E-state index in [0.29, 0.717) is 5.88 Å². The number of rotatable bonds is 2. The average molecular weight is 246 g/mol. The quantitative estimate of drug-likeness (QED) is 0.689. The first-order valence-corrected chi connectivity index (χ1v) is 6.67. The number of halogens is 1. The van der Waals surface area contributed by atoms with Crippen molar-refractivity contribution in [2.75, 3.05) is 5.88 Å². The van der Waals surface area contributed by atoms with Crippen LogP contribution in [0.3, 0.4) is 0 Å². The lowest BCUT2D eigenvalue weighted by Crippen LogP contribution is -1.94. The molecule has 1 nitrogen and oxygen atoms in total. The highest BCUT2D eigenvalue weighted by molar-refractivity contribution is 6.18. The Labute approximate surface area is 107 Å². The second kappa shape index (κ2) is 4.23. The van der Waals surface area contributed by atoms with Crippen molar-refractivity contribution >= 4 is 28.1 Å². The summed E-state index contributed by atoms with van der Waals surface area (Å²) in [5, 5.41) is 1.34. The molecule has 1 aromatic heterocycles. The molecule has 0 atom stereocenters. The smallest absolute Gasteiger partial charge is 0.0556 e. The predicted molar refractivity (Wildman–Crippen MR) is 74.5 cm³/mol. The van der Waals surface area contributed by atoms with E-state index in [0.717, 1.165) is 19.4 Å². The van der Waals surface area contributed by atoms with Crippen molar-refractivity contribution in [2.24, 2.45) is 0 Å². The number of aryl methyl sites for hydroxylation is 1. The molecule has 0 radical (unpaired) electrons. The fourth-order valence-electron chi connectivity index (χ4n) is 2.80. The van der Waals surface area contributed by atoms with Crippen LogP contribution in [0.4, 0.5) is 0 Å². The molecule has 2 heteroatoms. The summed E-state index contributed by atoms with van der Waals surface area (Å²) in [6.45, 7) is 3.32. The van der Waals surface area contributed by atoms with Crippen LogP contribution in [0.15, 0.2) is 36.0 Å². The fourth-order valence-corrected chi connectivity index (χ4v) is 2.99. The Morgan fingerprint density at radius 1 is 1.29 bits per heavy atom. The van der Waals surface area contributed by atoms with Gasteiger partial charge in [0.1, 0.15) is 0 Å². The van der Waals surface area contributed by atoms with E-state index in [1.54, 1.807) is 0 Å². The Balaban J connectivity index is 2.31. The largest absolute Gasteiger partial charge is 0.347 e. The maximum Gasteiger partial charge on any atom is 0.0556 e. The van der Waals surface area contributed by atoms with Crippen LogP contribution in [0.25, 0.3) is 16.5 Å². The summed E-state index contributed by atoms with van der Waals surface area (Å²) < 4.78 is 2.37. The number of benzene rings is 1. The van der Waals surface area contributed by atoms with Crippen LogP contribution in [0.5, 0.6) is 0 Å². The normalized spacial score (nSPS) is 15.4. The van der Waals surface area contributed by atoms with Gasteiger partial charge in [0.25, 0.3) is 0 Å². The summed E-state index contributed by atoms with van der Waals surface area (Å²) in [5.41, 5.74) is 5.69. The first kappa shape index (κ1) is 10.9. The molecule has 0 spiro atoms. The van der Waals surface area contributed by atoms with Crippen molar-refractivity contribution in [3.63, 3.8) is 0 Å². The van der Waals surface area contributed by atoms with Gasteiger partial charge >= 0.3 is 0 Å². The third kappa shape index (κ3) is 1.69. The first-order valence-electron chi connectivity index (χ1n) is 6.14. The van der Waals surface area contributed by atoms with Gasteiger partial charge in [0.05, 0.1) is 5.52 Å². The van der Waals surface area contributed by atoms with Gasteiger partial charge in [-0.05, 0) is 31.4 Å². The Morgan fingerprint density at radius 3 is 3.00 bits per heavy atom. The van der Waals surface area contributed by atoms with Crippen molar-refractivity contribution in [3.8, 4) is 0 Å². The molecule has 3 rings (SSSR count). The zero-order valence-electron chi connectivity index (χ0n) is 10.0. The molecular weight excluding hydrogens is 230 g/mol. The first-order chi connectivity index (χ1) is 8.31. The van der Waals surface area contributed by atoms with Gasteiger partial charge in [-0.25, -0.2) is 0 Å².